The molecule has 0 aliphatic rings. The summed E-state index contributed by atoms with van der Waals surface area (Å²) >= 11 is 15.3. The monoisotopic (exact) mass is 472 g/mol. The lowest BCUT2D eigenvalue weighted by Crippen LogP contribution is -2.48. The van der Waals surface area contributed by atoms with Gasteiger partial charge in [-0.25, -0.2) is 0 Å². The van der Waals surface area contributed by atoms with Gasteiger partial charge in [0.2, 0.25) is 5.91 Å². The maximum atomic E-state index is 12.8. The van der Waals surface area contributed by atoms with Crippen molar-refractivity contribution in [2.24, 2.45) is 0 Å². The standard InChI is InChI=1S/C19H19BrCl2N2O3/c1-12(19(26)23-2)24(10-13-3-6-15(21)7-4-13)18(25)11-27-17-8-5-14(20)9-16(17)22/h3-9,12H,10-11H2,1-2H3,(H,23,26)/t12-/m1/s1. The Morgan fingerprint density at radius 2 is 1.85 bits per heavy atom. The zero-order valence-corrected chi connectivity index (χ0v) is 17.9. The van der Waals surface area contributed by atoms with Crippen LogP contribution in [0.25, 0.3) is 0 Å². The molecule has 0 saturated carbocycles. The summed E-state index contributed by atoms with van der Waals surface area (Å²) in [6, 6.07) is 11.6. The van der Waals surface area contributed by atoms with E-state index in [1.165, 1.54) is 11.9 Å². The topological polar surface area (TPSA) is 58.6 Å². The second-order valence-electron chi connectivity index (χ2n) is 5.80. The third-order valence-corrected chi connectivity index (χ3v) is 4.97. The fourth-order valence-corrected chi connectivity index (χ4v) is 3.25. The molecule has 2 aromatic carbocycles. The predicted molar refractivity (Wildman–Crippen MR) is 110 cm³/mol. The van der Waals surface area contributed by atoms with E-state index in [1.807, 2.05) is 12.1 Å². The zero-order chi connectivity index (χ0) is 20.0. The highest BCUT2D eigenvalue weighted by Gasteiger charge is 2.26. The van der Waals surface area contributed by atoms with Crippen LogP contribution in [0.3, 0.4) is 0 Å². The van der Waals surface area contributed by atoms with Gasteiger partial charge in [0.05, 0.1) is 5.02 Å². The van der Waals surface area contributed by atoms with Crippen molar-refractivity contribution in [3.63, 3.8) is 0 Å². The number of nitrogens with zero attached hydrogens (tertiary/aromatic N) is 1. The molecule has 0 bridgehead atoms. The van der Waals surface area contributed by atoms with Gasteiger partial charge >= 0.3 is 0 Å². The second-order valence-corrected chi connectivity index (χ2v) is 7.56. The average molecular weight is 474 g/mol. The SMILES string of the molecule is CNC(=O)[C@@H](C)N(Cc1ccc(Cl)cc1)C(=O)COc1ccc(Br)cc1Cl. The Hall–Kier alpha value is -1.76. The summed E-state index contributed by atoms with van der Waals surface area (Å²) in [5.41, 5.74) is 0.852. The van der Waals surface area contributed by atoms with Gasteiger partial charge in [-0.2, -0.15) is 0 Å². The minimum absolute atomic E-state index is 0.240. The van der Waals surface area contributed by atoms with E-state index in [9.17, 15) is 9.59 Å². The highest BCUT2D eigenvalue weighted by molar-refractivity contribution is 9.10. The number of carbonyl (C=O) groups excluding carboxylic acids is 2. The first kappa shape index (κ1) is 21.5. The van der Waals surface area contributed by atoms with Gasteiger partial charge < -0.3 is 15.0 Å². The van der Waals surface area contributed by atoms with Crippen LogP contribution >= 0.6 is 39.1 Å². The summed E-state index contributed by atoms with van der Waals surface area (Å²) in [6.07, 6.45) is 0. The Bertz CT molecular complexity index is 815. The van der Waals surface area contributed by atoms with Gasteiger partial charge in [-0.15, -0.1) is 0 Å². The lowest BCUT2D eigenvalue weighted by Gasteiger charge is -2.28. The van der Waals surface area contributed by atoms with Crippen molar-refractivity contribution in [2.45, 2.75) is 19.5 Å². The molecule has 5 nitrogen and oxygen atoms in total. The van der Waals surface area contributed by atoms with E-state index < -0.39 is 6.04 Å². The Morgan fingerprint density at radius 1 is 1.19 bits per heavy atom. The fraction of sp³-hybridized carbons (Fsp3) is 0.263. The average Bonchev–Trinajstić information content (AvgIpc) is 2.65. The first-order valence-corrected chi connectivity index (χ1v) is 9.70. The van der Waals surface area contributed by atoms with Gasteiger partial charge in [0.25, 0.3) is 5.91 Å². The van der Waals surface area contributed by atoms with Crippen molar-refractivity contribution in [2.75, 3.05) is 13.7 Å². The van der Waals surface area contributed by atoms with Crippen molar-refractivity contribution in [3.05, 3.63) is 62.5 Å². The van der Waals surface area contributed by atoms with Crippen molar-refractivity contribution < 1.29 is 14.3 Å². The first-order valence-electron chi connectivity index (χ1n) is 8.15. The third-order valence-electron chi connectivity index (χ3n) is 3.92. The van der Waals surface area contributed by atoms with Crippen LogP contribution in [0, 0.1) is 0 Å². The van der Waals surface area contributed by atoms with E-state index in [2.05, 4.69) is 21.2 Å². The normalized spacial score (nSPS) is 11.6. The van der Waals surface area contributed by atoms with Gasteiger partial charge in [-0.3, -0.25) is 9.59 Å². The highest BCUT2D eigenvalue weighted by Crippen LogP contribution is 2.27. The van der Waals surface area contributed by atoms with Crippen molar-refractivity contribution >= 4 is 50.9 Å². The number of rotatable bonds is 7. The number of ether oxygens (including phenoxy) is 1. The number of nitrogens with one attached hydrogen (secondary N) is 1. The van der Waals surface area contributed by atoms with Gasteiger partial charge in [0.15, 0.2) is 6.61 Å². The largest absolute Gasteiger partial charge is 0.482 e. The lowest BCUT2D eigenvalue weighted by atomic mass is 10.1. The summed E-state index contributed by atoms with van der Waals surface area (Å²) < 4.78 is 6.37. The Morgan fingerprint density at radius 3 is 2.44 bits per heavy atom. The molecule has 8 heteroatoms. The van der Waals surface area contributed by atoms with E-state index in [0.29, 0.717) is 15.8 Å². The van der Waals surface area contributed by atoms with Crippen molar-refractivity contribution in [3.8, 4) is 5.75 Å². The molecule has 0 fully saturated rings. The van der Waals surface area contributed by atoms with Crippen LogP contribution in [-0.4, -0.2) is 36.4 Å². The predicted octanol–water partition coefficient (Wildman–Crippen LogP) is 4.30. The molecule has 0 unspecified atom stereocenters. The molecule has 1 N–H and O–H groups in total. The fourth-order valence-electron chi connectivity index (χ4n) is 2.39. The molecule has 0 aromatic heterocycles. The molecule has 0 spiro atoms. The van der Waals surface area contributed by atoms with E-state index >= 15 is 0 Å². The van der Waals surface area contributed by atoms with Gasteiger partial charge in [-0.1, -0.05) is 51.3 Å². The van der Waals surface area contributed by atoms with E-state index in [1.54, 1.807) is 37.3 Å². The smallest absolute Gasteiger partial charge is 0.261 e. The summed E-state index contributed by atoms with van der Waals surface area (Å²) in [5, 5.41) is 3.55. The minimum atomic E-state index is -0.665. The van der Waals surface area contributed by atoms with E-state index in [4.69, 9.17) is 27.9 Å². The Balaban J connectivity index is 2.14. The number of benzene rings is 2. The molecule has 0 heterocycles. The van der Waals surface area contributed by atoms with Crippen LogP contribution in [0.2, 0.25) is 10.0 Å². The maximum Gasteiger partial charge on any atom is 0.261 e. The molecule has 0 radical (unpaired) electrons. The third kappa shape index (κ3) is 6.13. The molecular formula is C19H19BrCl2N2O3. The quantitative estimate of drug-likeness (QED) is 0.652. The molecule has 2 aromatic rings. The number of hydrogen-bond acceptors (Lipinski definition) is 3. The molecule has 0 aliphatic carbocycles. The van der Waals surface area contributed by atoms with E-state index in [0.717, 1.165) is 10.0 Å². The minimum Gasteiger partial charge on any atom is -0.482 e. The Kier molecular flexibility index (Phi) is 7.95. The van der Waals surface area contributed by atoms with Gasteiger partial charge in [-0.05, 0) is 42.8 Å². The van der Waals surface area contributed by atoms with Crippen LogP contribution in [-0.2, 0) is 16.1 Å². The molecule has 1 atom stereocenters. The van der Waals surface area contributed by atoms with Crippen LogP contribution in [0.15, 0.2) is 46.9 Å². The highest BCUT2D eigenvalue weighted by atomic mass is 79.9. The summed E-state index contributed by atoms with van der Waals surface area (Å²) in [7, 11) is 1.53. The number of likely N-dealkylation sites (N-methyl/N-ethyl adjacent to an activating group) is 1. The first-order chi connectivity index (χ1) is 12.8. The lowest BCUT2D eigenvalue weighted by molar-refractivity contribution is -0.142. The molecule has 2 amide bonds. The molecule has 27 heavy (non-hydrogen) atoms. The summed E-state index contributed by atoms with van der Waals surface area (Å²) in [5.74, 6) is -0.203. The molecular weight excluding hydrogens is 455 g/mol. The zero-order valence-electron chi connectivity index (χ0n) is 14.8. The number of carbonyl (C=O) groups is 2. The van der Waals surface area contributed by atoms with Gasteiger partial charge in [0.1, 0.15) is 11.8 Å². The van der Waals surface area contributed by atoms with Crippen LogP contribution in [0.1, 0.15) is 12.5 Å². The number of hydrogen-bond donors (Lipinski definition) is 1. The van der Waals surface area contributed by atoms with Crippen molar-refractivity contribution in [1.29, 1.82) is 0 Å². The second kappa shape index (κ2) is 9.97. The van der Waals surface area contributed by atoms with Crippen molar-refractivity contribution in [1.82, 2.24) is 10.2 Å². The molecule has 0 aliphatic heterocycles. The van der Waals surface area contributed by atoms with Crippen LogP contribution in [0.5, 0.6) is 5.75 Å². The molecule has 0 saturated heterocycles. The Labute approximate surface area is 176 Å². The number of amides is 2. The van der Waals surface area contributed by atoms with E-state index in [-0.39, 0.29) is 25.0 Å². The summed E-state index contributed by atoms with van der Waals surface area (Å²) in [6.45, 7) is 1.68. The van der Waals surface area contributed by atoms with Crippen LogP contribution in [0.4, 0.5) is 0 Å². The number of halogens is 3. The summed E-state index contributed by atoms with van der Waals surface area (Å²) in [4.78, 5) is 26.3. The van der Waals surface area contributed by atoms with Crippen LogP contribution < -0.4 is 10.1 Å². The maximum absolute atomic E-state index is 12.8. The van der Waals surface area contributed by atoms with Gasteiger partial charge in [0, 0.05) is 23.1 Å². The molecule has 144 valence electrons. The molecule has 2 rings (SSSR count).